The van der Waals surface area contributed by atoms with Crippen molar-refractivity contribution >= 4 is 29.7 Å². The van der Waals surface area contributed by atoms with Crippen molar-refractivity contribution < 1.29 is 57.2 Å². The number of ketones is 2. The molecule has 0 unspecified atom stereocenters. The molecule has 0 aromatic carbocycles. The van der Waals surface area contributed by atoms with Crippen LogP contribution in [0.1, 0.15) is 74.7 Å². The number of esters is 1. The summed E-state index contributed by atoms with van der Waals surface area (Å²) in [6.07, 6.45) is -7.79. The lowest BCUT2D eigenvalue weighted by Gasteiger charge is -2.47. The normalized spacial score (nSPS) is 44.5. The minimum Gasteiger partial charge on any atom is -0.455 e. The van der Waals surface area contributed by atoms with Gasteiger partial charge in [0.2, 0.25) is 0 Å². The van der Waals surface area contributed by atoms with Gasteiger partial charge in [-0.15, -0.1) is 0 Å². The van der Waals surface area contributed by atoms with Crippen LogP contribution in [0.2, 0.25) is 0 Å². The van der Waals surface area contributed by atoms with Gasteiger partial charge in [0.05, 0.1) is 12.1 Å². The first-order valence-electron chi connectivity index (χ1n) is 15.7. The molecule has 0 bridgehead atoms. The molecule has 3 aliphatic heterocycles. The Hall–Kier alpha value is -2.88. The van der Waals surface area contributed by atoms with Crippen molar-refractivity contribution in [2.24, 2.45) is 23.5 Å². The van der Waals surface area contributed by atoms with E-state index in [4.69, 9.17) is 29.4 Å². The number of nitrogens with two attached hydrogens (primary N) is 1. The molecular weight excluding hydrogens is 609 g/mol. The number of nitrogens with one attached hydrogen (secondary N) is 1. The molecule has 0 radical (unpaired) electrons. The molecular formula is C31H50FN3O11. The van der Waals surface area contributed by atoms with E-state index >= 15 is 4.39 Å². The number of aliphatic hydroxyl groups excluding tert-OH is 1. The first-order valence-corrected chi connectivity index (χ1v) is 15.7. The molecule has 3 saturated heterocycles. The molecule has 3 fully saturated rings. The highest BCUT2D eigenvalue weighted by atomic mass is 19.1. The van der Waals surface area contributed by atoms with Crippen molar-refractivity contribution in [1.29, 1.82) is 0 Å². The van der Waals surface area contributed by atoms with Crippen LogP contribution in [0.5, 0.6) is 0 Å². The molecule has 46 heavy (non-hydrogen) atoms. The molecule has 0 saturated carbocycles. The maximum Gasteiger partial charge on any atom is 0.408 e. The molecule has 0 aromatic rings. The van der Waals surface area contributed by atoms with Gasteiger partial charge in [-0.25, -0.2) is 18.8 Å². The van der Waals surface area contributed by atoms with Crippen LogP contribution in [0.25, 0.3) is 0 Å². The lowest BCUT2D eigenvalue weighted by Crippen LogP contribution is -2.62. The average molecular weight is 660 g/mol. The number of halogens is 1. The first kappa shape index (κ1) is 37.6. The number of carbonyl (C=O) groups is 5. The number of carbonyl (C=O) groups excluding carboxylic acids is 5. The van der Waals surface area contributed by atoms with Crippen LogP contribution in [-0.4, -0.2) is 113 Å². The van der Waals surface area contributed by atoms with Crippen LogP contribution in [0.15, 0.2) is 0 Å². The van der Waals surface area contributed by atoms with E-state index in [0.29, 0.717) is 6.42 Å². The molecule has 0 spiro atoms. The van der Waals surface area contributed by atoms with Crippen molar-refractivity contribution in [2.45, 2.75) is 134 Å². The number of hydrogen-bond donors (Lipinski definition) is 3. The summed E-state index contributed by atoms with van der Waals surface area (Å²) in [6, 6.07) is -1.45. The SMILES string of the molecule is CC[C@H]1OC(=O)[C@@](C)(F)C(=O)[C@H](C)[C@@H](O[C@@H]2O[C@H](C)C[C@H](N(C)C)[C@H]2O)[C@](C)(OC(N)=O)C[C@@H](C)C(=O)[C@H](C)[C@H]2NC(=O)O[C@@]21C. The Kier molecular flexibility index (Phi) is 11.2. The summed E-state index contributed by atoms with van der Waals surface area (Å²) in [5.74, 6) is -6.61. The molecule has 15 heteroatoms. The summed E-state index contributed by atoms with van der Waals surface area (Å²) in [6.45, 7) is 11.4. The summed E-state index contributed by atoms with van der Waals surface area (Å²) in [5, 5.41) is 13.9. The van der Waals surface area contributed by atoms with Crippen molar-refractivity contribution in [3.05, 3.63) is 0 Å². The van der Waals surface area contributed by atoms with Gasteiger partial charge in [-0.3, -0.25) is 9.59 Å². The third-order valence-corrected chi connectivity index (χ3v) is 9.82. The summed E-state index contributed by atoms with van der Waals surface area (Å²) < 4.78 is 45.3. The number of rotatable bonds is 5. The van der Waals surface area contributed by atoms with Gasteiger partial charge >= 0.3 is 18.2 Å². The van der Waals surface area contributed by atoms with Crippen LogP contribution in [0.3, 0.4) is 0 Å². The standard InChI is InChI=1S/C31H50FN3O11/c1-11-19-31(8)22(34-28(41)46-31)16(4)20(36)14(2)13-29(6,45-27(33)40)24(17(5)23(38)30(7,32)26(39)43-19)44-25-21(37)18(35(9)10)12-15(3)42-25/h14-19,21-22,24-25,37H,11-13H2,1-10H3,(H2,33,40)(H,34,41)/t14-,15-,16+,17+,18+,19-,21-,22-,24-,25+,29-,30+,31-/m1/s1. The number of cyclic esters (lactones) is 1. The molecule has 3 aliphatic rings. The van der Waals surface area contributed by atoms with Gasteiger partial charge in [0, 0.05) is 23.8 Å². The monoisotopic (exact) mass is 659 g/mol. The van der Waals surface area contributed by atoms with E-state index in [1.165, 1.54) is 20.8 Å². The number of likely N-dealkylation sites (N-methyl/N-ethyl adjacent to an activating group) is 1. The quantitative estimate of drug-likeness (QED) is 0.221. The van der Waals surface area contributed by atoms with Gasteiger partial charge in [0.25, 0.3) is 5.67 Å². The zero-order chi connectivity index (χ0) is 35.1. The Morgan fingerprint density at radius 3 is 2.26 bits per heavy atom. The highest BCUT2D eigenvalue weighted by Crippen LogP contribution is 2.41. The van der Waals surface area contributed by atoms with Gasteiger partial charge in [0.1, 0.15) is 29.7 Å². The Labute approximate surface area is 269 Å². The van der Waals surface area contributed by atoms with Crippen molar-refractivity contribution in [3.8, 4) is 0 Å². The Bertz CT molecular complexity index is 1200. The van der Waals surface area contributed by atoms with Gasteiger partial charge in [-0.2, -0.15) is 0 Å². The minimum atomic E-state index is -3.26. The topological polar surface area (TPSA) is 193 Å². The molecule has 262 valence electrons. The Morgan fingerprint density at radius 1 is 1.11 bits per heavy atom. The van der Waals surface area contributed by atoms with E-state index < -0.39 is 101 Å². The smallest absolute Gasteiger partial charge is 0.408 e. The molecule has 13 atom stereocenters. The molecule has 0 aliphatic carbocycles. The van der Waals surface area contributed by atoms with E-state index in [9.17, 15) is 29.1 Å². The Morgan fingerprint density at radius 2 is 1.72 bits per heavy atom. The van der Waals surface area contributed by atoms with Gasteiger partial charge in [-0.05, 0) is 61.1 Å². The first-order chi connectivity index (χ1) is 21.1. The zero-order valence-corrected chi connectivity index (χ0v) is 28.3. The number of aliphatic hydroxyl groups is 1. The highest BCUT2D eigenvalue weighted by molar-refractivity contribution is 6.08. The van der Waals surface area contributed by atoms with Crippen molar-refractivity contribution in [2.75, 3.05) is 14.1 Å². The van der Waals surface area contributed by atoms with Gasteiger partial charge in [-0.1, -0.05) is 27.7 Å². The second-order valence-electron chi connectivity index (χ2n) is 13.8. The maximum absolute atomic E-state index is 16.4. The Balaban J connectivity index is 2.20. The van der Waals surface area contributed by atoms with Crippen molar-refractivity contribution in [1.82, 2.24) is 10.2 Å². The fourth-order valence-corrected chi connectivity index (χ4v) is 7.32. The molecule has 0 aromatic heterocycles. The van der Waals surface area contributed by atoms with Gasteiger partial charge in [0.15, 0.2) is 17.7 Å². The lowest BCUT2D eigenvalue weighted by atomic mass is 9.73. The van der Waals surface area contributed by atoms with Crippen LogP contribution in [-0.2, 0) is 38.1 Å². The van der Waals surface area contributed by atoms with Crippen LogP contribution >= 0.6 is 0 Å². The highest BCUT2D eigenvalue weighted by Gasteiger charge is 2.59. The second kappa shape index (κ2) is 13.7. The maximum atomic E-state index is 16.4. The number of amides is 2. The second-order valence-corrected chi connectivity index (χ2v) is 13.8. The van der Waals surface area contributed by atoms with Crippen LogP contribution < -0.4 is 11.1 Å². The molecule has 2 amide bonds. The third-order valence-electron chi connectivity index (χ3n) is 9.82. The van der Waals surface area contributed by atoms with Crippen molar-refractivity contribution in [3.63, 3.8) is 0 Å². The summed E-state index contributed by atoms with van der Waals surface area (Å²) in [4.78, 5) is 67.9. The molecule has 3 heterocycles. The van der Waals surface area contributed by atoms with Crippen LogP contribution in [0, 0.1) is 17.8 Å². The zero-order valence-electron chi connectivity index (χ0n) is 28.3. The largest absolute Gasteiger partial charge is 0.455 e. The van der Waals surface area contributed by atoms with E-state index in [0.717, 1.165) is 6.92 Å². The number of Topliss-reactive ketones (excluding diaryl/α,β-unsaturated/α-hetero) is 2. The average Bonchev–Trinajstić information content (AvgIpc) is 3.27. The molecule has 3 rings (SSSR count). The lowest BCUT2D eigenvalue weighted by molar-refractivity contribution is -0.292. The van der Waals surface area contributed by atoms with E-state index in [-0.39, 0.29) is 18.6 Å². The summed E-state index contributed by atoms with van der Waals surface area (Å²) in [5.41, 5.74) is -1.27. The number of ether oxygens (including phenoxy) is 5. The number of primary amides is 1. The number of hydrogen-bond acceptors (Lipinski definition) is 12. The predicted molar refractivity (Wildman–Crippen MR) is 160 cm³/mol. The third kappa shape index (κ3) is 7.16. The predicted octanol–water partition coefficient (Wildman–Crippen LogP) is 2.02. The fourth-order valence-electron chi connectivity index (χ4n) is 7.32. The number of fused-ring (bicyclic) bond motifs is 1. The fraction of sp³-hybridized carbons (Fsp3) is 0.839. The van der Waals surface area contributed by atoms with E-state index in [1.807, 2.05) is 0 Å². The van der Waals surface area contributed by atoms with E-state index in [1.54, 1.807) is 46.7 Å². The van der Waals surface area contributed by atoms with Gasteiger partial charge < -0.3 is 44.7 Å². The summed E-state index contributed by atoms with van der Waals surface area (Å²) in [7, 11) is 3.52. The number of alkyl halides is 1. The van der Waals surface area contributed by atoms with E-state index in [2.05, 4.69) is 5.32 Å². The molecule has 14 nitrogen and oxygen atoms in total. The van der Waals surface area contributed by atoms with Crippen LogP contribution in [0.4, 0.5) is 14.0 Å². The summed E-state index contributed by atoms with van der Waals surface area (Å²) >= 11 is 0. The molecule has 4 N–H and O–H groups in total. The number of alkyl carbamates (subject to hydrolysis) is 1. The number of nitrogens with zero attached hydrogens (tertiary/aromatic N) is 1. The minimum absolute atomic E-state index is 0.0579.